The van der Waals surface area contributed by atoms with E-state index >= 15 is 0 Å². The van der Waals surface area contributed by atoms with Crippen molar-refractivity contribution in [1.29, 1.82) is 0 Å². The van der Waals surface area contributed by atoms with Crippen LogP contribution < -0.4 is 4.90 Å². The Bertz CT molecular complexity index is 592. The van der Waals surface area contributed by atoms with E-state index in [9.17, 15) is 18.0 Å². The Hall–Kier alpha value is -1.73. The van der Waals surface area contributed by atoms with E-state index < -0.39 is 11.9 Å². The smallest absolute Gasteiger partial charge is 0.435 e. The Balaban J connectivity index is 1.64. The van der Waals surface area contributed by atoms with Crippen LogP contribution in [0.1, 0.15) is 43.4 Å². The molecule has 24 heavy (non-hydrogen) atoms. The molecule has 2 heterocycles. The fourth-order valence-corrected chi connectivity index (χ4v) is 3.89. The summed E-state index contributed by atoms with van der Waals surface area (Å²) < 4.78 is 43.8. The molecule has 134 valence electrons. The Morgan fingerprint density at radius 1 is 1.33 bits per heavy atom. The van der Waals surface area contributed by atoms with Crippen molar-refractivity contribution >= 4 is 11.8 Å². The topological polar surface area (TPSA) is 58.2 Å². The Labute approximate surface area is 138 Å². The second-order valence-electron chi connectivity index (χ2n) is 6.69. The summed E-state index contributed by atoms with van der Waals surface area (Å²) in [4.78, 5) is 13.6. The van der Waals surface area contributed by atoms with Gasteiger partial charge in [0.25, 0.3) is 0 Å². The molecule has 0 spiro atoms. The minimum atomic E-state index is -4.41. The van der Waals surface area contributed by atoms with Crippen molar-refractivity contribution < 1.29 is 22.7 Å². The summed E-state index contributed by atoms with van der Waals surface area (Å²) in [6, 6.07) is 0. The first-order chi connectivity index (χ1) is 11.4. The van der Waals surface area contributed by atoms with Gasteiger partial charge in [0.05, 0.1) is 13.0 Å². The monoisotopic (exact) mass is 345 g/mol. The second kappa shape index (κ2) is 6.64. The van der Waals surface area contributed by atoms with Gasteiger partial charge in [-0.05, 0) is 44.4 Å². The van der Waals surface area contributed by atoms with E-state index in [1.165, 1.54) is 7.11 Å². The number of aromatic amines is 1. The molecule has 0 saturated heterocycles. The molecule has 8 heteroatoms. The average molecular weight is 345 g/mol. The molecule has 0 unspecified atom stereocenters. The van der Waals surface area contributed by atoms with Gasteiger partial charge in [-0.25, -0.2) is 0 Å². The Kier molecular flexibility index (Phi) is 4.73. The number of nitrogens with one attached hydrogen (secondary N) is 1. The minimum Gasteiger partial charge on any atom is -0.469 e. The van der Waals surface area contributed by atoms with E-state index in [-0.39, 0.29) is 17.5 Å². The zero-order valence-corrected chi connectivity index (χ0v) is 13.7. The number of hydrogen-bond acceptors (Lipinski definition) is 4. The molecule has 0 amide bonds. The van der Waals surface area contributed by atoms with Crippen molar-refractivity contribution in [2.45, 2.75) is 44.7 Å². The number of aromatic nitrogens is 2. The summed E-state index contributed by atoms with van der Waals surface area (Å²) in [5, 5.41) is 6.10. The van der Waals surface area contributed by atoms with Crippen LogP contribution in [-0.4, -0.2) is 36.4 Å². The zero-order valence-electron chi connectivity index (χ0n) is 13.7. The quantitative estimate of drug-likeness (QED) is 0.855. The van der Waals surface area contributed by atoms with Crippen molar-refractivity contribution in [3.8, 4) is 0 Å². The number of carbonyl (C=O) groups excluding carboxylic acids is 1. The summed E-state index contributed by atoms with van der Waals surface area (Å²) in [5.74, 6) is 0.711. The third-order valence-corrected chi connectivity index (χ3v) is 5.14. The second-order valence-corrected chi connectivity index (χ2v) is 6.69. The van der Waals surface area contributed by atoms with Crippen LogP contribution >= 0.6 is 0 Å². The largest absolute Gasteiger partial charge is 0.469 e. The summed E-state index contributed by atoms with van der Waals surface area (Å²) in [6.07, 6.45) is 0.0619. The maximum atomic E-state index is 13.0. The van der Waals surface area contributed by atoms with Crippen LogP contribution in [0.15, 0.2) is 0 Å². The average Bonchev–Trinajstić information content (AvgIpc) is 3.00. The van der Waals surface area contributed by atoms with Crippen LogP contribution in [0.2, 0.25) is 0 Å². The number of fused-ring (bicyclic) bond motifs is 1. The standard InChI is InChI=1S/C16H22F3N3O2/c1-24-15(23)11-6-4-10(5-7-11)9-22-8-2-3-12-13(16(17,18)19)20-21-14(12)22/h10-11H,2-9H2,1H3,(H,20,21)/t10-,11-. The summed E-state index contributed by atoms with van der Waals surface area (Å²) in [6.45, 7) is 1.45. The van der Waals surface area contributed by atoms with Crippen molar-refractivity contribution in [2.24, 2.45) is 11.8 Å². The van der Waals surface area contributed by atoms with E-state index in [2.05, 4.69) is 10.2 Å². The Morgan fingerprint density at radius 2 is 2.04 bits per heavy atom. The fourth-order valence-electron chi connectivity index (χ4n) is 3.89. The lowest BCUT2D eigenvalue weighted by Gasteiger charge is -2.34. The molecule has 0 radical (unpaired) electrons. The number of esters is 1. The molecule has 2 aliphatic rings. The first-order valence-corrected chi connectivity index (χ1v) is 8.37. The van der Waals surface area contributed by atoms with Gasteiger partial charge in [0, 0.05) is 18.7 Å². The minimum absolute atomic E-state index is 0.0350. The molecular formula is C16H22F3N3O2. The van der Waals surface area contributed by atoms with E-state index in [1.807, 2.05) is 4.90 Å². The Morgan fingerprint density at radius 3 is 2.67 bits per heavy atom. The van der Waals surface area contributed by atoms with Crippen LogP contribution in [0, 0.1) is 11.8 Å². The summed E-state index contributed by atoms with van der Waals surface area (Å²) in [7, 11) is 1.40. The molecular weight excluding hydrogens is 323 g/mol. The number of methoxy groups -OCH3 is 1. The van der Waals surface area contributed by atoms with E-state index in [1.54, 1.807) is 0 Å². The number of rotatable bonds is 3. The predicted octanol–water partition coefficient (Wildman–Crippen LogP) is 3.16. The van der Waals surface area contributed by atoms with Gasteiger partial charge in [-0.1, -0.05) is 0 Å². The normalized spacial score (nSPS) is 24.6. The molecule has 1 saturated carbocycles. The van der Waals surface area contributed by atoms with E-state index in [0.717, 1.165) is 32.2 Å². The van der Waals surface area contributed by atoms with Crippen LogP contribution in [-0.2, 0) is 22.1 Å². The molecule has 1 fully saturated rings. The molecule has 1 aromatic heterocycles. The van der Waals surface area contributed by atoms with Gasteiger partial charge < -0.3 is 9.64 Å². The van der Waals surface area contributed by atoms with E-state index in [0.29, 0.717) is 31.1 Å². The summed E-state index contributed by atoms with van der Waals surface area (Å²) in [5.41, 5.74) is -0.492. The molecule has 0 bridgehead atoms. The van der Waals surface area contributed by atoms with Crippen LogP contribution in [0.3, 0.4) is 0 Å². The number of H-pyrrole nitrogens is 1. The van der Waals surface area contributed by atoms with Crippen molar-refractivity contribution in [2.75, 3.05) is 25.1 Å². The highest BCUT2D eigenvalue weighted by Gasteiger charge is 2.40. The fraction of sp³-hybridized carbons (Fsp3) is 0.750. The van der Waals surface area contributed by atoms with Crippen LogP contribution in [0.4, 0.5) is 19.0 Å². The molecule has 1 N–H and O–H groups in total. The van der Waals surface area contributed by atoms with Gasteiger partial charge in [0.15, 0.2) is 5.69 Å². The maximum absolute atomic E-state index is 13.0. The SMILES string of the molecule is COC(=O)[C@H]1CC[C@H](CN2CCCc3c(C(F)(F)F)n[nH]c32)CC1. The number of carbonyl (C=O) groups is 1. The predicted molar refractivity (Wildman–Crippen MR) is 81.6 cm³/mol. The van der Waals surface area contributed by atoms with Crippen LogP contribution in [0.25, 0.3) is 0 Å². The third-order valence-electron chi connectivity index (χ3n) is 5.14. The van der Waals surface area contributed by atoms with Gasteiger partial charge in [0.2, 0.25) is 0 Å². The van der Waals surface area contributed by atoms with Crippen LogP contribution in [0.5, 0.6) is 0 Å². The lowest BCUT2D eigenvalue weighted by atomic mass is 9.81. The molecule has 0 aromatic carbocycles. The van der Waals surface area contributed by atoms with Gasteiger partial charge in [0.1, 0.15) is 5.82 Å². The molecule has 0 atom stereocenters. The highest BCUT2D eigenvalue weighted by atomic mass is 19.4. The molecule has 1 aliphatic heterocycles. The van der Waals surface area contributed by atoms with Gasteiger partial charge in [-0.15, -0.1) is 0 Å². The molecule has 5 nitrogen and oxygen atoms in total. The number of ether oxygens (including phenoxy) is 1. The lowest BCUT2D eigenvalue weighted by molar-refractivity contribution is -0.146. The number of anilines is 1. The molecule has 3 rings (SSSR count). The third kappa shape index (κ3) is 3.37. The van der Waals surface area contributed by atoms with Gasteiger partial charge in [-0.3, -0.25) is 9.89 Å². The van der Waals surface area contributed by atoms with E-state index in [4.69, 9.17) is 4.74 Å². The first-order valence-electron chi connectivity index (χ1n) is 8.37. The highest BCUT2D eigenvalue weighted by molar-refractivity contribution is 5.72. The molecule has 1 aromatic rings. The highest BCUT2D eigenvalue weighted by Crippen LogP contribution is 2.38. The maximum Gasteiger partial charge on any atom is 0.435 e. The molecule has 1 aliphatic carbocycles. The zero-order chi connectivity index (χ0) is 17.3. The summed E-state index contributed by atoms with van der Waals surface area (Å²) >= 11 is 0. The lowest BCUT2D eigenvalue weighted by Crippen LogP contribution is -2.36. The van der Waals surface area contributed by atoms with Crippen molar-refractivity contribution in [1.82, 2.24) is 10.2 Å². The number of hydrogen-bond donors (Lipinski definition) is 1. The van der Waals surface area contributed by atoms with Gasteiger partial charge in [-0.2, -0.15) is 18.3 Å². The first kappa shape index (κ1) is 17.1. The number of nitrogens with zero attached hydrogens (tertiary/aromatic N) is 2. The van der Waals surface area contributed by atoms with Crippen molar-refractivity contribution in [3.63, 3.8) is 0 Å². The number of halogens is 3. The van der Waals surface area contributed by atoms with Gasteiger partial charge >= 0.3 is 12.1 Å². The van der Waals surface area contributed by atoms with Crippen molar-refractivity contribution in [3.05, 3.63) is 11.3 Å². The number of alkyl halides is 3.